The molecule has 4 aromatic rings. The second-order valence-electron chi connectivity index (χ2n) is 11.9. The minimum atomic E-state index is 0.410. The monoisotopic (exact) mass is 484 g/mol. The van der Waals surface area contributed by atoms with Crippen LogP contribution in [-0.4, -0.2) is 62.0 Å². The molecule has 7 rings (SSSR count). The maximum Gasteiger partial charge on any atom is 0.158 e. The van der Waals surface area contributed by atoms with E-state index in [4.69, 9.17) is 9.84 Å². The Morgan fingerprint density at radius 1 is 1.11 bits per heavy atom. The fourth-order valence-corrected chi connectivity index (χ4v) is 7.08. The van der Waals surface area contributed by atoms with Gasteiger partial charge in [0, 0.05) is 59.9 Å². The van der Waals surface area contributed by atoms with Crippen molar-refractivity contribution in [2.24, 2.45) is 5.41 Å². The molecule has 3 aromatic heterocycles. The highest BCUT2D eigenvalue weighted by atomic mass is 16.5. The maximum absolute atomic E-state index is 5.68. The van der Waals surface area contributed by atoms with E-state index in [0.29, 0.717) is 17.3 Å². The van der Waals surface area contributed by atoms with Crippen LogP contribution in [0.4, 0.5) is 0 Å². The van der Waals surface area contributed by atoms with Gasteiger partial charge in [0.15, 0.2) is 5.65 Å². The van der Waals surface area contributed by atoms with E-state index in [1.807, 2.05) is 4.52 Å². The lowest BCUT2D eigenvalue weighted by Crippen LogP contribution is -2.60. The number of nitrogens with one attached hydrogen (secondary N) is 1. The normalized spacial score (nSPS) is 24.3. The first-order chi connectivity index (χ1) is 17.5. The number of aryl methyl sites for hydroxylation is 1. The Kier molecular flexibility index (Phi) is 5.22. The lowest BCUT2D eigenvalue weighted by atomic mass is 9.75. The van der Waals surface area contributed by atoms with E-state index in [1.165, 1.54) is 73.0 Å². The van der Waals surface area contributed by atoms with Crippen molar-refractivity contribution in [2.45, 2.75) is 70.8 Å². The number of likely N-dealkylation sites (tertiary alicyclic amines) is 1. The smallest absolute Gasteiger partial charge is 0.158 e. The molecule has 188 valence electrons. The molecule has 5 heterocycles. The van der Waals surface area contributed by atoms with Crippen LogP contribution >= 0.6 is 0 Å². The molecule has 3 aliphatic rings. The van der Waals surface area contributed by atoms with E-state index in [-0.39, 0.29) is 0 Å². The van der Waals surface area contributed by atoms with Crippen LogP contribution in [0.25, 0.3) is 27.7 Å². The molecule has 1 aromatic carbocycles. The van der Waals surface area contributed by atoms with Crippen LogP contribution in [-0.2, 0) is 4.74 Å². The fourth-order valence-electron chi connectivity index (χ4n) is 7.08. The van der Waals surface area contributed by atoms with E-state index in [0.717, 1.165) is 36.0 Å². The van der Waals surface area contributed by atoms with Crippen molar-refractivity contribution in [2.75, 3.05) is 26.3 Å². The van der Waals surface area contributed by atoms with Crippen LogP contribution in [0.1, 0.15) is 74.6 Å². The zero-order valence-electron chi connectivity index (χ0n) is 21.6. The first-order valence-corrected chi connectivity index (χ1v) is 13.6. The van der Waals surface area contributed by atoms with Gasteiger partial charge in [-0.05, 0) is 79.8 Å². The predicted molar refractivity (Wildman–Crippen MR) is 141 cm³/mol. The van der Waals surface area contributed by atoms with Gasteiger partial charge >= 0.3 is 0 Å². The van der Waals surface area contributed by atoms with Crippen LogP contribution in [0.3, 0.4) is 0 Å². The molecule has 2 aliphatic heterocycles. The largest absolute Gasteiger partial charge is 0.381 e. The Balaban J connectivity index is 1.15. The Morgan fingerprint density at radius 3 is 2.69 bits per heavy atom. The van der Waals surface area contributed by atoms with Gasteiger partial charge in [0.05, 0.1) is 12.1 Å². The van der Waals surface area contributed by atoms with E-state index in [2.05, 4.69) is 65.2 Å². The number of aromatic amines is 1. The summed E-state index contributed by atoms with van der Waals surface area (Å²) in [5.74, 6) is 0.976. The third-order valence-corrected chi connectivity index (χ3v) is 9.13. The van der Waals surface area contributed by atoms with E-state index >= 15 is 0 Å². The van der Waals surface area contributed by atoms with Gasteiger partial charge in [-0.25, -0.2) is 9.50 Å². The highest BCUT2D eigenvalue weighted by Crippen LogP contribution is 2.44. The number of rotatable bonds is 4. The molecule has 1 spiro atoms. The first-order valence-electron chi connectivity index (χ1n) is 13.6. The van der Waals surface area contributed by atoms with Crippen LogP contribution < -0.4 is 0 Å². The van der Waals surface area contributed by atoms with Crippen molar-refractivity contribution >= 4 is 16.6 Å². The van der Waals surface area contributed by atoms with Crippen LogP contribution in [0, 0.1) is 12.3 Å². The van der Waals surface area contributed by atoms with Gasteiger partial charge in [-0.1, -0.05) is 13.8 Å². The van der Waals surface area contributed by atoms with Crippen molar-refractivity contribution in [1.82, 2.24) is 29.7 Å². The maximum atomic E-state index is 5.68. The average Bonchev–Trinajstić information content (AvgIpc) is 3.61. The summed E-state index contributed by atoms with van der Waals surface area (Å²) in [6, 6.07) is 7.65. The lowest BCUT2D eigenvalue weighted by molar-refractivity contribution is -0.0456. The van der Waals surface area contributed by atoms with Crippen LogP contribution in [0.15, 0.2) is 30.7 Å². The number of benzene rings is 1. The topological polar surface area (TPSA) is 71.3 Å². The second-order valence-corrected chi connectivity index (χ2v) is 11.9. The SMILES string of the molecule is Cc1cc(-c2cc3n[nH]c(C4CCC(N5CC6(CCOC6)C5)CC4)c3cc2C(C)C)cn2ncnc12. The number of pyridine rings is 1. The van der Waals surface area contributed by atoms with E-state index < -0.39 is 0 Å². The van der Waals surface area contributed by atoms with Crippen LogP contribution in [0.5, 0.6) is 0 Å². The van der Waals surface area contributed by atoms with E-state index in [1.54, 1.807) is 6.33 Å². The fraction of sp³-hybridized carbons (Fsp3) is 0.552. The van der Waals surface area contributed by atoms with Crippen molar-refractivity contribution in [3.05, 3.63) is 47.5 Å². The molecule has 0 unspecified atom stereocenters. The number of H-pyrrole nitrogens is 1. The molecule has 0 atom stereocenters. The molecule has 2 saturated heterocycles. The summed E-state index contributed by atoms with van der Waals surface area (Å²) >= 11 is 0. The summed E-state index contributed by atoms with van der Waals surface area (Å²) in [5, 5.41) is 14.0. The molecule has 7 heteroatoms. The summed E-state index contributed by atoms with van der Waals surface area (Å²) in [6.07, 6.45) is 10.0. The molecule has 0 radical (unpaired) electrons. The minimum absolute atomic E-state index is 0.410. The highest BCUT2D eigenvalue weighted by molar-refractivity contribution is 5.89. The summed E-state index contributed by atoms with van der Waals surface area (Å²) in [6.45, 7) is 11.1. The molecule has 3 fully saturated rings. The van der Waals surface area contributed by atoms with Gasteiger partial charge in [-0.15, -0.1) is 0 Å². The molecular weight excluding hydrogens is 448 g/mol. The van der Waals surface area contributed by atoms with Crippen molar-refractivity contribution in [3.8, 4) is 11.1 Å². The zero-order valence-corrected chi connectivity index (χ0v) is 21.6. The van der Waals surface area contributed by atoms with Crippen LogP contribution in [0.2, 0.25) is 0 Å². The Hall–Kier alpha value is -2.77. The van der Waals surface area contributed by atoms with Crippen molar-refractivity contribution in [1.29, 1.82) is 0 Å². The second kappa shape index (κ2) is 8.38. The van der Waals surface area contributed by atoms with E-state index in [9.17, 15) is 0 Å². The van der Waals surface area contributed by atoms with Gasteiger partial charge in [0.25, 0.3) is 0 Å². The Morgan fingerprint density at radius 2 is 1.94 bits per heavy atom. The zero-order chi connectivity index (χ0) is 24.4. The van der Waals surface area contributed by atoms with Gasteiger partial charge < -0.3 is 4.74 Å². The summed E-state index contributed by atoms with van der Waals surface area (Å²) in [4.78, 5) is 7.11. The third kappa shape index (κ3) is 3.58. The van der Waals surface area contributed by atoms with Crippen molar-refractivity contribution in [3.63, 3.8) is 0 Å². The predicted octanol–water partition coefficient (Wildman–Crippen LogP) is 5.45. The summed E-state index contributed by atoms with van der Waals surface area (Å²) in [7, 11) is 0. The number of hydrogen-bond acceptors (Lipinski definition) is 5. The Bertz CT molecular complexity index is 1410. The molecule has 7 nitrogen and oxygen atoms in total. The lowest BCUT2D eigenvalue weighted by Gasteiger charge is -2.52. The molecule has 1 aliphatic carbocycles. The minimum Gasteiger partial charge on any atom is -0.381 e. The van der Waals surface area contributed by atoms with Gasteiger partial charge in [-0.3, -0.25) is 10.00 Å². The molecular formula is C29H36N6O. The number of fused-ring (bicyclic) bond motifs is 2. The van der Waals surface area contributed by atoms with Gasteiger partial charge in [0.1, 0.15) is 6.33 Å². The average molecular weight is 485 g/mol. The highest BCUT2D eigenvalue weighted by Gasteiger charge is 2.48. The number of hydrogen-bond donors (Lipinski definition) is 1. The third-order valence-electron chi connectivity index (χ3n) is 9.13. The molecule has 1 N–H and O–H groups in total. The molecule has 0 bridgehead atoms. The number of aromatic nitrogens is 5. The molecule has 0 amide bonds. The molecule has 36 heavy (non-hydrogen) atoms. The summed E-state index contributed by atoms with van der Waals surface area (Å²) in [5.41, 5.74) is 8.70. The first kappa shape index (κ1) is 22.4. The Labute approximate surface area is 212 Å². The van der Waals surface area contributed by atoms with Gasteiger partial charge in [0.2, 0.25) is 0 Å². The summed E-state index contributed by atoms with van der Waals surface area (Å²) < 4.78 is 7.57. The molecule has 1 saturated carbocycles. The quantitative estimate of drug-likeness (QED) is 0.417. The number of ether oxygens (including phenoxy) is 1. The number of nitrogens with zero attached hydrogens (tertiary/aromatic N) is 5. The van der Waals surface area contributed by atoms with Gasteiger partial charge in [-0.2, -0.15) is 10.2 Å². The van der Waals surface area contributed by atoms with Crippen molar-refractivity contribution < 1.29 is 4.74 Å². The standard InChI is InChI=1S/C29H36N6O/c1-18(2)23-11-25-26(12-24(23)21-10-19(3)28-30-17-31-35(28)13-21)32-33-27(25)20-4-6-22(7-5-20)34-14-29(15-34)8-9-36-16-29/h10-13,17-18,20,22H,4-9,14-16H2,1-3H3,(H,32,33).